The van der Waals surface area contributed by atoms with Crippen molar-refractivity contribution in [3.05, 3.63) is 52.1 Å². The van der Waals surface area contributed by atoms with Gasteiger partial charge >= 0.3 is 0 Å². The lowest BCUT2D eigenvalue weighted by Crippen LogP contribution is -2.26. The first-order valence-corrected chi connectivity index (χ1v) is 8.24. The van der Waals surface area contributed by atoms with Crippen molar-refractivity contribution < 1.29 is 9.18 Å². The molecule has 5 nitrogen and oxygen atoms in total. The van der Waals surface area contributed by atoms with Crippen molar-refractivity contribution in [2.45, 2.75) is 26.3 Å². The fourth-order valence-electron chi connectivity index (χ4n) is 2.74. The van der Waals surface area contributed by atoms with Crippen molar-refractivity contribution in [1.82, 2.24) is 15.3 Å². The minimum atomic E-state index is -0.642. The average molecular weight is 349 g/mol. The molecule has 1 aromatic heterocycles. The molecule has 7 heteroatoms. The van der Waals surface area contributed by atoms with E-state index in [1.165, 1.54) is 18.2 Å². The van der Waals surface area contributed by atoms with Gasteiger partial charge in [-0.05, 0) is 38.0 Å². The summed E-state index contributed by atoms with van der Waals surface area (Å²) in [6.45, 7) is 3.97. The topological polar surface area (TPSA) is 58.1 Å². The van der Waals surface area contributed by atoms with Crippen LogP contribution in [-0.2, 0) is 6.54 Å². The summed E-state index contributed by atoms with van der Waals surface area (Å²) in [5.41, 5.74) is 1.37. The lowest BCUT2D eigenvalue weighted by molar-refractivity contribution is 0.0946. The van der Waals surface area contributed by atoms with Gasteiger partial charge in [0.15, 0.2) is 0 Å². The molecule has 0 atom stereocenters. The molecule has 1 fully saturated rings. The number of rotatable bonds is 4. The predicted molar refractivity (Wildman–Crippen MR) is 90.8 cm³/mol. The molecule has 3 rings (SSSR count). The number of aryl methyl sites for hydroxylation is 1. The first-order valence-electron chi connectivity index (χ1n) is 7.86. The summed E-state index contributed by atoms with van der Waals surface area (Å²) in [5, 5.41) is 2.76. The van der Waals surface area contributed by atoms with E-state index < -0.39 is 11.7 Å². The molecule has 126 valence electrons. The van der Waals surface area contributed by atoms with Crippen LogP contribution in [0.4, 0.5) is 10.3 Å². The normalized spacial score (nSPS) is 14.0. The summed E-state index contributed by atoms with van der Waals surface area (Å²) >= 11 is 5.91. The van der Waals surface area contributed by atoms with E-state index in [4.69, 9.17) is 11.6 Å². The van der Waals surface area contributed by atoms with Crippen LogP contribution in [-0.4, -0.2) is 29.0 Å². The molecule has 0 radical (unpaired) electrons. The van der Waals surface area contributed by atoms with E-state index in [0.29, 0.717) is 11.6 Å². The minimum Gasteiger partial charge on any atom is -0.346 e. The highest BCUT2D eigenvalue weighted by Gasteiger charge is 2.18. The van der Waals surface area contributed by atoms with Gasteiger partial charge in [-0.1, -0.05) is 17.7 Å². The molecule has 0 saturated carbocycles. The van der Waals surface area contributed by atoms with E-state index in [0.717, 1.165) is 31.6 Å². The first kappa shape index (κ1) is 16.6. The second-order valence-corrected chi connectivity index (χ2v) is 6.18. The number of carbonyl (C=O) groups is 1. The molecule has 1 N–H and O–H groups in total. The smallest absolute Gasteiger partial charge is 0.256 e. The van der Waals surface area contributed by atoms with Crippen LogP contribution in [0.1, 0.15) is 34.6 Å². The number of anilines is 1. The van der Waals surface area contributed by atoms with Crippen molar-refractivity contribution in [3.8, 4) is 0 Å². The van der Waals surface area contributed by atoms with Crippen molar-refractivity contribution in [2.24, 2.45) is 0 Å². The van der Waals surface area contributed by atoms with Crippen LogP contribution in [0.15, 0.2) is 24.3 Å². The Kier molecular flexibility index (Phi) is 4.94. The number of hydrogen-bond donors (Lipinski definition) is 1. The fraction of sp³-hybridized carbons (Fsp3) is 0.353. The Bertz CT molecular complexity index is 742. The Hall–Kier alpha value is -2.21. The van der Waals surface area contributed by atoms with Crippen molar-refractivity contribution in [2.75, 3.05) is 18.0 Å². The van der Waals surface area contributed by atoms with Gasteiger partial charge in [0.05, 0.1) is 22.8 Å². The van der Waals surface area contributed by atoms with Crippen LogP contribution in [0.25, 0.3) is 0 Å². The Balaban J connectivity index is 1.73. The number of benzene rings is 1. The van der Waals surface area contributed by atoms with E-state index in [-0.39, 0.29) is 17.1 Å². The van der Waals surface area contributed by atoms with E-state index in [9.17, 15) is 9.18 Å². The van der Waals surface area contributed by atoms with Gasteiger partial charge in [0.2, 0.25) is 5.95 Å². The number of halogens is 2. The zero-order valence-corrected chi connectivity index (χ0v) is 14.1. The summed E-state index contributed by atoms with van der Waals surface area (Å²) < 4.78 is 13.8. The highest BCUT2D eigenvalue weighted by atomic mass is 35.5. The number of carbonyl (C=O) groups excluding carboxylic acids is 1. The molecule has 24 heavy (non-hydrogen) atoms. The second-order valence-electron chi connectivity index (χ2n) is 5.77. The van der Waals surface area contributed by atoms with Gasteiger partial charge in [-0.25, -0.2) is 14.4 Å². The van der Waals surface area contributed by atoms with Crippen LogP contribution in [0.5, 0.6) is 0 Å². The van der Waals surface area contributed by atoms with Gasteiger partial charge in [-0.3, -0.25) is 4.79 Å². The molecule has 1 aliphatic rings. The summed E-state index contributed by atoms with van der Waals surface area (Å²) in [6, 6.07) is 5.97. The Morgan fingerprint density at radius 3 is 2.79 bits per heavy atom. The zero-order valence-electron chi connectivity index (χ0n) is 13.4. The molecule has 0 aliphatic carbocycles. The lowest BCUT2D eigenvalue weighted by Gasteiger charge is -2.16. The molecule has 1 amide bonds. The molecule has 0 unspecified atom stereocenters. The molecule has 0 bridgehead atoms. The van der Waals surface area contributed by atoms with Gasteiger partial charge in [-0.15, -0.1) is 0 Å². The number of hydrogen-bond acceptors (Lipinski definition) is 4. The molecular weight excluding hydrogens is 331 g/mol. The zero-order chi connectivity index (χ0) is 17.1. The standard InChI is InChI=1S/C17H18ClFN4O/c1-11-9-12(22-17(21-11)23-7-2-3-8-23)10-20-16(24)15-13(18)5-4-6-14(15)19/h4-6,9H,2-3,7-8,10H2,1H3,(H,20,24). The number of amides is 1. The molecular formula is C17H18ClFN4O. The Morgan fingerprint density at radius 2 is 2.08 bits per heavy atom. The van der Waals surface area contributed by atoms with Crippen molar-refractivity contribution >= 4 is 23.5 Å². The molecule has 1 aliphatic heterocycles. The maximum atomic E-state index is 13.8. The van der Waals surface area contributed by atoms with Gasteiger partial charge < -0.3 is 10.2 Å². The highest BCUT2D eigenvalue weighted by molar-refractivity contribution is 6.33. The number of nitrogens with zero attached hydrogens (tertiary/aromatic N) is 3. The van der Waals surface area contributed by atoms with Crippen LogP contribution in [0.3, 0.4) is 0 Å². The maximum Gasteiger partial charge on any atom is 0.256 e. The van der Waals surface area contributed by atoms with E-state index >= 15 is 0 Å². The van der Waals surface area contributed by atoms with Crippen LogP contribution < -0.4 is 10.2 Å². The third kappa shape index (κ3) is 3.64. The van der Waals surface area contributed by atoms with Crippen LogP contribution >= 0.6 is 11.6 Å². The molecule has 0 spiro atoms. The lowest BCUT2D eigenvalue weighted by atomic mass is 10.2. The van der Waals surface area contributed by atoms with E-state index in [1.54, 1.807) is 0 Å². The summed E-state index contributed by atoms with van der Waals surface area (Å²) in [5.74, 6) is -0.519. The summed E-state index contributed by atoms with van der Waals surface area (Å²) in [6.07, 6.45) is 2.27. The number of nitrogens with one attached hydrogen (secondary N) is 1. The molecule has 2 aromatic rings. The Morgan fingerprint density at radius 1 is 1.33 bits per heavy atom. The molecule has 2 heterocycles. The predicted octanol–water partition coefficient (Wildman–Crippen LogP) is 3.11. The summed E-state index contributed by atoms with van der Waals surface area (Å²) in [4.78, 5) is 23.3. The first-order chi connectivity index (χ1) is 11.5. The van der Waals surface area contributed by atoms with Gasteiger partial charge in [0.1, 0.15) is 5.82 Å². The fourth-order valence-corrected chi connectivity index (χ4v) is 2.99. The second kappa shape index (κ2) is 7.13. The molecule has 1 saturated heterocycles. The van der Waals surface area contributed by atoms with Gasteiger partial charge in [-0.2, -0.15) is 0 Å². The largest absolute Gasteiger partial charge is 0.346 e. The Labute approximate surface area is 144 Å². The third-order valence-corrected chi connectivity index (χ3v) is 4.22. The van der Waals surface area contributed by atoms with Crippen LogP contribution in [0.2, 0.25) is 5.02 Å². The van der Waals surface area contributed by atoms with Crippen molar-refractivity contribution in [3.63, 3.8) is 0 Å². The third-order valence-electron chi connectivity index (χ3n) is 3.90. The van der Waals surface area contributed by atoms with Gasteiger partial charge in [0, 0.05) is 18.8 Å². The summed E-state index contributed by atoms with van der Waals surface area (Å²) in [7, 11) is 0. The highest BCUT2D eigenvalue weighted by Crippen LogP contribution is 2.19. The van der Waals surface area contributed by atoms with Crippen LogP contribution in [0, 0.1) is 12.7 Å². The SMILES string of the molecule is Cc1cc(CNC(=O)c2c(F)cccc2Cl)nc(N2CCCC2)n1. The van der Waals surface area contributed by atoms with Crippen molar-refractivity contribution in [1.29, 1.82) is 0 Å². The minimum absolute atomic E-state index is 0.0872. The van der Waals surface area contributed by atoms with E-state index in [1.807, 2.05) is 13.0 Å². The monoisotopic (exact) mass is 348 g/mol. The maximum absolute atomic E-state index is 13.8. The average Bonchev–Trinajstić information content (AvgIpc) is 3.07. The number of aromatic nitrogens is 2. The molecule has 1 aromatic carbocycles. The van der Waals surface area contributed by atoms with E-state index in [2.05, 4.69) is 20.2 Å². The quantitative estimate of drug-likeness (QED) is 0.922. The van der Waals surface area contributed by atoms with Gasteiger partial charge in [0.25, 0.3) is 5.91 Å².